The molecule has 1 aliphatic rings. The van der Waals surface area contributed by atoms with Gasteiger partial charge in [0.1, 0.15) is 0 Å². The molecule has 1 aliphatic carbocycles. The van der Waals surface area contributed by atoms with Gasteiger partial charge in [-0.2, -0.15) is 0 Å². The van der Waals surface area contributed by atoms with Crippen LogP contribution in [0.25, 0.3) is 0 Å². The molecule has 0 amide bonds. The van der Waals surface area contributed by atoms with Crippen LogP contribution in [0.5, 0.6) is 0 Å². The molecule has 0 spiro atoms. The largest absolute Gasteiger partial charge is 0.328 e. The second-order valence-electron chi connectivity index (χ2n) is 5.52. The summed E-state index contributed by atoms with van der Waals surface area (Å²) in [5, 5.41) is 6.00. The Kier molecular flexibility index (Phi) is 4.60. The van der Waals surface area contributed by atoms with Crippen molar-refractivity contribution in [2.24, 2.45) is 11.7 Å². The van der Waals surface area contributed by atoms with E-state index in [9.17, 15) is 0 Å². The number of hydrogen-bond donors (Lipinski definition) is 2. The molecule has 96 valence electrons. The zero-order chi connectivity index (χ0) is 12.3. The van der Waals surface area contributed by atoms with Crippen molar-refractivity contribution in [1.82, 2.24) is 5.32 Å². The van der Waals surface area contributed by atoms with Gasteiger partial charge >= 0.3 is 0 Å². The fourth-order valence-electron chi connectivity index (χ4n) is 2.61. The van der Waals surface area contributed by atoms with Gasteiger partial charge in [0.05, 0.1) is 0 Å². The van der Waals surface area contributed by atoms with Crippen molar-refractivity contribution in [3.63, 3.8) is 0 Å². The number of hydrogen-bond acceptors (Lipinski definition) is 3. The van der Waals surface area contributed by atoms with Crippen LogP contribution in [0.1, 0.15) is 50.4 Å². The van der Waals surface area contributed by atoms with Crippen LogP contribution >= 0.6 is 11.3 Å². The second-order valence-corrected chi connectivity index (χ2v) is 6.49. The second kappa shape index (κ2) is 5.98. The molecular formula is C14H24N2S. The molecule has 0 aliphatic heterocycles. The Bertz CT molecular complexity index is 313. The molecule has 1 atom stereocenters. The topological polar surface area (TPSA) is 38.0 Å². The minimum Gasteiger partial charge on any atom is -0.328 e. The Morgan fingerprint density at radius 1 is 1.29 bits per heavy atom. The van der Waals surface area contributed by atoms with Gasteiger partial charge in [0, 0.05) is 23.0 Å². The van der Waals surface area contributed by atoms with Crippen molar-refractivity contribution in [2.45, 2.75) is 57.7 Å². The minimum absolute atomic E-state index is 0.437. The molecule has 1 saturated carbocycles. The third-order valence-corrected chi connectivity index (χ3v) is 4.66. The number of nitrogens with two attached hydrogens (primary N) is 1. The lowest BCUT2D eigenvalue weighted by Crippen LogP contribution is -2.40. The monoisotopic (exact) mass is 252 g/mol. The third-order valence-electron chi connectivity index (χ3n) is 3.70. The minimum atomic E-state index is 0.437. The first-order valence-corrected chi connectivity index (χ1v) is 7.60. The first-order chi connectivity index (χ1) is 8.16. The van der Waals surface area contributed by atoms with E-state index < -0.39 is 0 Å². The van der Waals surface area contributed by atoms with Crippen molar-refractivity contribution in [1.29, 1.82) is 0 Å². The molecule has 0 radical (unpaired) electrons. The van der Waals surface area contributed by atoms with Gasteiger partial charge in [0.2, 0.25) is 0 Å². The lowest BCUT2D eigenvalue weighted by molar-refractivity contribution is 0.288. The Morgan fingerprint density at radius 3 is 2.53 bits per heavy atom. The molecule has 1 aromatic heterocycles. The predicted molar refractivity (Wildman–Crippen MR) is 75.3 cm³/mol. The average Bonchev–Trinajstić information content (AvgIpc) is 2.81. The van der Waals surface area contributed by atoms with E-state index in [1.54, 1.807) is 0 Å². The van der Waals surface area contributed by atoms with Gasteiger partial charge in [-0.3, -0.25) is 0 Å². The summed E-state index contributed by atoms with van der Waals surface area (Å²) >= 11 is 1.86. The highest BCUT2D eigenvalue weighted by Gasteiger charge is 2.24. The fraction of sp³-hybridized carbons (Fsp3) is 0.714. The zero-order valence-corrected chi connectivity index (χ0v) is 11.7. The van der Waals surface area contributed by atoms with Gasteiger partial charge < -0.3 is 11.1 Å². The van der Waals surface area contributed by atoms with Gasteiger partial charge in [0.15, 0.2) is 0 Å². The van der Waals surface area contributed by atoms with Crippen molar-refractivity contribution in [3.8, 4) is 0 Å². The lowest BCUT2D eigenvalue weighted by atomic mass is 9.90. The molecule has 3 heteroatoms. The van der Waals surface area contributed by atoms with E-state index in [-0.39, 0.29) is 0 Å². The summed E-state index contributed by atoms with van der Waals surface area (Å²) < 4.78 is 0. The molecule has 0 saturated heterocycles. The van der Waals surface area contributed by atoms with Gasteiger partial charge in [-0.1, -0.05) is 19.9 Å². The maximum absolute atomic E-state index is 5.96. The molecule has 1 unspecified atom stereocenters. The molecular weight excluding hydrogens is 228 g/mol. The number of thiophene rings is 1. The summed E-state index contributed by atoms with van der Waals surface area (Å²) in [7, 11) is 0. The number of rotatable bonds is 4. The highest BCUT2D eigenvalue weighted by molar-refractivity contribution is 7.10. The number of nitrogens with one attached hydrogen (secondary N) is 1. The van der Waals surface area contributed by atoms with Crippen molar-refractivity contribution >= 4 is 11.3 Å². The Morgan fingerprint density at radius 2 is 2.00 bits per heavy atom. The summed E-state index contributed by atoms with van der Waals surface area (Å²) in [5.41, 5.74) is 5.96. The van der Waals surface area contributed by atoms with Gasteiger partial charge in [-0.15, -0.1) is 11.3 Å². The molecule has 17 heavy (non-hydrogen) atoms. The summed E-state index contributed by atoms with van der Waals surface area (Å²) in [6, 6.07) is 6.00. The van der Waals surface area contributed by atoms with E-state index in [2.05, 4.69) is 36.7 Å². The van der Waals surface area contributed by atoms with Crippen molar-refractivity contribution in [3.05, 3.63) is 22.4 Å². The van der Waals surface area contributed by atoms with Crippen LogP contribution in [0.3, 0.4) is 0 Å². The van der Waals surface area contributed by atoms with Crippen molar-refractivity contribution in [2.75, 3.05) is 0 Å². The van der Waals surface area contributed by atoms with E-state index in [0.29, 0.717) is 24.0 Å². The zero-order valence-electron chi connectivity index (χ0n) is 10.9. The molecule has 1 aromatic rings. The van der Waals surface area contributed by atoms with Gasteiger partial charge in [-0.05, 0) is 43.0 Å². The third kappa shape index (κ3) is 3.54. The summed E-state index contributed by atoms with van der Waals surface area (Å²) in [5.74, 6) is 0.643. The van der Waals surface area contributed by atoms with Crippen LogP contribution in [0, 0.1) is 5.92 Å². The molecule has 0 aromatic carbocycles. The lowest BCUT2D eigenvalue weighted by Gasteiger charge is -2.32. The normalized spacial score (nSPS) is 27.3. The Balaban J connectivity index is 1.94. The quantitative estimate of drug-likeness (QED) is 0.863. The highest BCUT2D eigenvalue weighted by atomic mass is 32.1. The smallest absolute Gasteiger partial charge is 0.0440 e. The van der Waals surface area contributed by atoms with Crippen LogP contribution < -0.4 is 11.1 Å². The Labute approximate surface area is 109 Å². The SMILES string of the molecule is CC(C)C(NC1CCC(N)CC1)c1cccs1. The van der Waals surface area contributed by atoms with Crippen LogP contribution in [0.4, 0.5) is 0 Å². The van der Waals surface area contributed by atoms with Crippen LogP contribution in [-0.2, 0) is 0 Å². The van der Waals surface area contributed by atoms with E-state index in [1.807, 2.05) is 11.3 Å². The van der Waals surface area contributed by atoms with E-state index in [1.165, 1.54) is 30.6 Å². The maximum Gasteiger partial charge on any atom is 0.0440 e. The first kappa shape index (κ1) is 13.1. The van der Waals surface area contributed by atoms with Gasteiger partial charge in [0.25, 0.3) is 0 Å². The standard InChI is InChI=1S/C14H24N2S/c1-10(2)14(13-4-3-9-17-13)16-12-7-5-11(15)6-8-12/h3-4,9-12,14,16H,5-8,15H2,1-2H3. The highest BCUT2D eigenvalue weighted by Crippen LogP contribution is 2.28. The maximum atomic E-state index is 5.96. The molecule has 1 heterocycles. The molecule has 2 rings (SSSR count). The summed E-state index contributed by atoms with van der Waals surface area (Å²) in [6.45, 7) is 4.60. The van der Waals surface area contributed by atoms with Crippen LogP contribution in [-0.4, -0.2) is 12.1 Å². The van der Waals surface area contributed by atoms with Crippen LogP contribution in [0.2, 0.25) is 0 Å². The molecule has 3 N–H and O–H groups in total. The first-order valence-electron chi connectivity index (χ1n) is 6.72. The molecule has 2 nitrogen and oxygen atoms in total. The van der Waals surface area contributed by atoms with Crippen LogP contribution in [0.15, 0.2) is 17.5 Å². The predicted octanol–water partition coefficient (Wildman–Crippen LogP) is 3.30. The van der Waals surface area contributed by atoms with Gasteiger partial charge in [-0.25, -0.2) is 0 Å². The average molecular weight is 252 g/mol. The fourth-order valence-corrected chi connectivity index (χ4v) is 3.57. The molecule has 1 fully saturated rings. The van der Waals surface area contributed by atoms with E-state index in [0.717, 1.165) is 0 Å². The van der Waals surface area contributed by atoms with Crippen molar-refractivity contribution < 1.29 is 0 Å². The van der Waals surface area contributed by atoms with E-state index in [4.69, 9.17) is 5.73 Å². The van der Waals surface area contributed by atoms with E-state index >= 15 is 0 Å². The molecule has 0 bridgehead atoms. The summed E-state index contributed by atoms with van der Waals surface area (Å²) in [6.07, 6.45) is 4.81. The Hall–Kier alpha value is -0.380. The summed E-state index contributed by atoms with van der Waals surface area (Å²) in [4.78, 5) is 1.47.